The fourth-order valence-electron chi connectivity index (χ4n) is 3.32. The summed E-state index contributed by atoms with van der Waals surface area (Å²) in [4.78, 5) is 28.6. The summed E-state index contributed by atoms with van der Waals surface area (Å²) in [6, 6.07) is 7.95. The van der Waals surface area contributed by atoms with Gasteiger partial charge in [0.05, 0.1) is 0 Å². The van der Waals surface area contributed by atoms with Crippen LogP contribution in [0.25, 0.3) is 0 Å². The Bertz CT molecular complexity index is 602. The Balaban J connectivity index is 1.53. The minimum Gasteiger partial charge on any atom is -0.378 e. The lowest BCUT2D eigenvalue weighted by Crippen LogP contribution is -2.48. The van der Waals surface area contributed by atoms with Crippen molar-refractivity contribution in [2.45, 2.75) is 38.1 Å². The minimum absolute atomic E-state index is 0.0856. The van der Waals surface area contributed by atoms with E-state index in [4.69, 9.17) is 0 Å². The summed E-state index contributed by atoms with van der Waals surface area (Å²) in [5.74, 6) is 0.533. The van der Waals surface area contributed by atoms with Crippen LogP contribution >= 0.6 is 0 Å². The van der Waals surface area contributed by atoms with E-state index in [9.17, 15) is 9.59 Å². The Morgan fingerprint density at radius 2 is 1.83 bits per heavy atom. The topological polar surface area (TPSA) is 52.7 Å². The number of piperidine rings is 1. The average Bonchev–Trinajstić information content (AvgIpc) is 2.53. The molecule has 0 spiro atoms. The molecule has 0 bridgehead atoms. The number of nitrogens with zero attached hydrogens (tertiary/aromatic N) is 2. The summed E-state index contributed by atoms with van der Waals surface area (Å²) >= 11 is 0. The summed E-state index contributed by atoms with van der Waals surface area (Å²) < 4.78 is 0. The molecule has 0 aromatic heterocycles. The second-order valence-electron chi connectivity index (χ2n) is 7.15. The van der Waals surface area contributed by atoms with E-state index >= 15 is 0 Å². The molecule has 130 valence electrons. The summed E-state index contributed by atoms with van der Waals surface area (Å²) in [5.41, 5.74) is 1.77. The average molecular weight is 329 g/mol. The van der Waals surface area contributed by atoms with E-state index in [0.717, 1.165) is 36.9 Å². The largest absolute Gasteiger partial charge is 0.378 e. The number of hydrogen-bond donors (Lipinski definition) is 1. The first-order chi connectivity index (χ1) is 11.5. The summed E-state index contributed by atoms with van der Waals surface area (Å²) in [7, 11) is 3.94. The maximum absolute atomic E-state index is 12.7. The van der Waals surface area contributed by atoms with Crippen molar-refractivity contribution in [3.63, 3.8) is 0 Å². The number of hydrogen-bond acceptors (Lipinski definition) is 3. The van der Waals surface area contributed by atoms with Gasteiger partial charge < -0.3 is 15.1 Å². The Morgan fingerprint density at radius 1 is 1.12 bits per heavy atom. The quantitative estimate of drug-likeness (QED) is 0.922. The molecule has 3 rings (SSSR count). The van der Waals surface area contributed by atoms with E-state index < -0.39 is 0 Å². The maximum Gasteiger partial charge on any atom is 0.253 e. The molecule has 5 heteroatoms. The van der Waals surface area contributed by atoms with Gasteiger partial charge in [-0.15, -0.1) is 0 Å². The van der Waals surface area contributed by atoms with Crippen molar-refractivity contribution in [1.82, 2.24) is 10.2 Å². The van der Waals surface area contributed by atoms with Gasteiger partial charge in [-0.05, 0) is 43.9 Å². The first-order valence-corrected chi connectivity index (χ1v) is 8.91. The van der Waals surface area contributed by atoms with Crippen LogP contribution in [0.2, 0.25) is 0 Å². The molecular weight excluding hydrogens is 302 g/mol. The molecule has 2 fully saturated rings. The second kappa shape index (κ2) is 7.24. The third-order valence-corrected chi connectivity index (χ3v) is 5.21. The number of rotatable bonds is 4. The number of amides is 2. The third kappa shape index (κ3) is 3.71. The van der Waals surface area contributed by atoms with Crippen LogP contribution in [0.1, 0.15) is 42.5 Å². The number of anilines is 1. The van der Waals surface area contributed by atoms with Gasteiger partial charge in [0, 0.05) is 50.4 Å². The molecule has 1 N–H and O–H groups in total. The van der Waals surface area contributed by atoms with E-state index in [2.05, 4.69) is 5.32 Å². The zero-order chi connectivity index (χ0) is 17.1. The predicted octanol–water partition coefficient (Wildman–Crippen LogP) is 2.27. The lowest BCUT2D eigenvalue weighted by molar-refractivity contribution is -0.128. The molecule has 1 aliphatic carbocycles. The smallest absolute Gasteiger partial charge is 0.253 e. The van der Waals surface area contributed by atoms with Crippen LogP contribution in [0.15, 0.2) is 24.3 Å². The van der Waals surface area contributed by atoms with Gasteiger partial charge in [0.15, 0.2) is 0 Å². The third-order valence-electron chi connectivity index (χ3n) is 5.21. The van der Waals surface area contributed by atoms with Crippen molar-refractivity contribution < 1.29 is 9.59 Å². The molecule has 5 nitrogen and oxygen atoms in total. The van der Waals surface area contributed by atoms with Gasteiger partial charge in [-0.3, -0.25) is 9.59 Å². The SMILES string of the molecule is CN(C)c1cccc(C(=O)N2CCC(NC(=O)C3CCC3)CC2)c1. The van der Waals surface area contributed by atoms with Gasteiger partial charge >= 0.3 is 0 Å². The van der Waals surface area contributed by atoms with Crippen LogP contribution in [0.4, 0.5) is 5.69 Å². The van der Waals surface area contributed by atoms with Crippen molar-refractivity contribution in [2.75, 3.05) is 32.1 Å². The summed E-state index contributed by atoms with van der Waals surface area (Å²) in [5, 5.41) is 3.16. The van der Waals surface area contributed by atoms with Crippen molar-refractivity contribution in [3.05, 3.63) is 29.8 Å². The molecule has 1 saturated carbocycles. The molecular formula is C19H27N3O2. The molecule has 2 aliphatic rings. The van der Waals surface area contributed by atoms with Gasteiger partial charge in [-0.1, -0.05) is 12.5 Å². The van der Waals surface area contributed by atoms with Crippen LogP contribution in [0.3, 0.4) is 0 Å². The van der Waals surface area contributed by atoms with Crippen LogP contribution in [-0.2, 0) is 4.79 Å². The molecule has 1 saturated heterocycles. The van der Waals surface area contributed by atoms with Gasteiger partial charge in [0.2, 0.25) is 5.91 Å². The van der Waals surface area contributed by atoms with Gasteiger partial charge in [-0.2, -0.15) is 0 Å². The first-order valence-electron chi connectivity index (χ1n) is 8.91. The highest BCUT2D eigenvalue weighted by Crippen LogP contribution is 2.27. The Labute approximate surface area is 144 Å². The molecule has 1 heterocycles. The highest BCUT2D eigenvalue weighted by atomic mass is 16.2. The molecule has 1 aromatic carbocycles. The number of benzene rings is 1. The Morgan fingerprint density at radius 3 is 2.42 bits per heavy atom. The zero-order valence-electron chi connectivity index (χ0n) is 14.6. The van der Waals surface area contributed by atoms with E-state index in [1.165, 1.54) is 6.42 Å². The van der Waals surface area contributed by atoms with Crippen LogP contribution < -0.4 is 10.2 Å². The molecule has 0 radical (unpaired) electrons. The van der Waals surface area contributed by atoms with Crippen LogP contribution in [0.5, 0.6) is 0 Å². The zero-order valence-corrected chi connectivity index (χ0v) is 14.6. The molecule has 0 unspecified atom stereocenters. The van der Waals surface area contributed by atoms with Crippen molar-refractivity contribution in [1.29, 1.82) is 0 Å². The van der Waals surface area contributed by atoms with Gasteiger partial charge in [0.1, 0.15) is 0 Å². The Kier molecular flexibility index (Phi) is 5.07. The van der Waals surface area contributed by atoms with Crippen LogP contribution in [-0.4, -0.2) is 49.9 Å². The molecule has 0 atom stereocenters. The van der Waals surface area contributed by atoms with Gasteiger partial charge in [-0.25, -0.2) is 0 Å². The fourth-order valence-corrected chi connectivity index (χ4v) is 3.32. The van der Waals surface area contributed by atoms with Crippen molar-refractivity contribution >= 4 is 17.5 Å². The fraction of sp³-hybridized carbons (Fsp3) is 0.579. The first kappa shape index (κ1) is 16.8. The molecule has 24 heavy (non-hydrogen) atoms. The summed E-state index contributed by atoms with van der Waals surface area (Å²) in [6.45, 7) is 1.42. The standard InChI is InChI=1S/C19H27N3O2/c1-21(2)17-8-4-7-15(13-17)19(24)22-11-9-16(10-12-22)20-18(23)14-5-3-6-14/h4,7-8,13-14,16H,3,5-6,9-12H2,1-2H3,(H,20,23). The van der Waals surface area contributed by atoms with E-state index in [-0.39, 0.29) is 23.8 Å². The van der Waals surface area contributed by atoms with E-state index in [0.29, 0.717) is 13.1 Å². The Hall–Kier alpha value is -2.04. The number of likely N-dealkylation sites (tertiary alicyclic amines) is 1. The van der Waals surface area contributed by atoms with E-state index in [1.807, 2.05) is 48.2 Å². The highest BCUT2D eigenvalue weighted by molar-refractivity contribution is 5.95. The maximum atomic E-state index is 12.7. The van der Waals surface area contributed by atoms with Crippen molar-refractivity contribution in [2.24, 2.45) is 5.92 Å². The van der Waals surface area contributed by atoms with E-state index in [1.54, 1.807) is 0 Å². The van der Waals surface area contributed by atoms with Crippen molar-refractivity contribution in [3.8, 4) is 0 Å². The minimum atomic E-state index is 0.0856. The number of nitrogens with one attached hydrogen (secondary N) is 1. The highest BCUT2D eigenvalue weighted by Gasteiger charge is 2.29. The normalized spacial score (nSPS) is 18.8. The monoisotopic (exact) mass is 329 g/mol. The second-order valence-corrected chi connectivity index (χ2v) is 7.15. The predicted molar refractivity (Wildman–Crippen MR) is 95.2 cm³/mol. The summed E-state index contributed by atoms with van der Waals surface area (Å²) in [6.07, 6.45) is 4.93. The number of carbonyl (C=O) groups is 2. The lowest BCUT2D eigenvalue weighted by Gasteiger charge is -2.34. The van der Waals surface area contributed by atoms with Crippen LogP contribution in [0, 0.1) is 5.92 Å². The molecule has 2 amide bonds. The lowest BCUT2D eigenvalue weighted by atomic mass is 9.84. The molecule has 1 aliphatic heterocycles. The molecule has 1 aromatic rings. The van der Waals surface area contributed by atoms with Gasteiger partial charge in [0.25, 0.3) is 5.91 Å². The number of carbonyl (C=O) groups excluding carboxylic acids is 2.